The molecule has 0 atom stereocenters. The van der Waals surface area contributed by atoms with Crippen LogP contribution >= 0.6 is 15.9 Å². The van der Waals surface area contributed by atoms with Crippen molar-refractivity contribution in [3.05, 3.63) is 28.9 Å². The number of pyridine rings is 1. The molecule has 0 bridgehead atoms. The first kappa shape index (κ1) is 16.0. The summed E-state index contributed by atoms with van der Waals surface area (Å²) in [5, 5.41) is 3.92. The lowest BCUT2D eigenvalue weighted by atomic mass is 10.1. The van der Waals surface area contributed by atoms with Crippen molar-refractivity contribution in [2.45, 2.75) is 6.92 Å². The molecule has 0 unspecified atom stereocenters. The summed E-state index contributed by atoms with van der Waals surface area (Å²) < 4.78 is 26.5. The van der Waals surface area contributed by atoms with Gasteiger partial charge in [-0.25, -0.2) is 13.1 Å². The number of nitrogen functional groups attached to an aromatic ring is 1. The maximum Gasteiger partial charge on any atom is 0.213 e. The van der Waals surface area contributed by atoms with E-state index >= 15 is 0 Å². The lowest BCUT2D eigenvalue weighted by Gasteiger charge is -2.11. The van der Waals surface area contributed by atoms with E-state index in [9.17, 15) is 8.42 Å². The van der Waals surface area contributed by atoms with Gasteiger partial charge in [0.15, 0.2) is 0 Å². The van der Waals surface area contributed by atoms with Crippen LogP contribution in [0.3, 0.4) is 0 Å². The SMILES string of the molecule is CCNS(=O)(=O)CCNc1ccc(N)c2cc(Br)cnc12. The van der Waals surface area contributed by atoms with E-state index in [0.29, 0.717) is 18.8 Å². The number of nitrogens with zero attached hydrogens (tertiary/aromatic N) is 1. The van der Waals surface area contributed by atoms with Gasteiger partial charge < -0.3 is 11.1 Å². The zero-order chi connectivity index (χ0) is 15.5. The summed E-state index contributed by atoms with van der Waals surface area (Å²) in [6, 6.07) is 5.47. The normalized spacial score (nSPS) is 11.7. The minimum Gasteiger partial charge on any atom is -0.398 e. The topological polar surface area (TPSA) is 97.1 Å². The van der Waals surface area contributed by atoms with Crippen molar-refractivity contribution in [3.63, 3.8) is 0 Å². The number of fused-ring (bicyclic) bond motifs is 1. The van der Waals surface area contributed by atoms with Crippen LogP contribution in [-0.2, 0) is 10.0 Å². The monoisotopic (exact) mass is 372 g/mol. The number of hydrogen-bond acceptors (Lipinski definition) is 5. The van der Waals surface area contributed by atoms with Crippen LogP contribution in [0.5, 0.6) is 0 Å². The van der Waals surface area contributed by atoms with Crippen molar-refractivity contribution in [1.29, 1.82) is 0 Å². The Kier molecular flexibility index (Phi) is 5.02. The van der Waals surface area contributed by atoms with Gasteiger partial charge in [-0.15, -0.1) is 0 Å². The second kappa shape index (κ2) is 6.59. The Balaban J connectivity index is 2.18. The molecule has 1 heterocycles. The van der Waals surface area contributed by atoms with E-state index in [1.165, 1.54) is 0 Å². The lowest BCUT2D eigenvalue weighted by molar-refractivity contribution is 0.584. The Morgan fingerprint density at radius 1 is 1.38 bits per heavy atom. The zero-order valence-electron chi connectivity index (χ0n) is 11.6. The third-order valence-electron chi connectivity index (χ3n) is 2.90. The molecule has 0 fully saturated rings. The molecule has 0 aliphatic carbocycles. The molecule has 2 rings (SSSR count). The fraction of sp³-hybridized carbons (Fsp3) is 0.308. The fourth-order valence-electron chi connectivity index (χ4n) is 1.97. The Morgan fingerprint density at radius 3 is 2.86 bits per heavy atom. The highest BCUT2D eigenvalue weighted by Crippen LogP contribution is 2.28. The van der Waals surface area contributed by atoms with E-state index in [2.05, 4.69) is 31.0 Å². The number of nitrogens with two attached hydrogens (primary N) is 1. The number of sulfonamides is 1. The van der Waals surface area contributed by atoms with Crippen LogP contribution in [0.4, 0.5) is 11.4 Å². The van der Waals surface area contributed by atoms with Crippen molar-refractivity contribution in [1.82, 2.24) is 9.71 Å². The molecular formula is C13H17BrN4O2S. The van der Waals surface area contributed by atoms with Crippen molar-refractivity contribution >= 4 is 48.2 Å². The summed E-state index contributed by atoms with van der Waals surface area (Å²) in [4.78, 5) is 4.34. The van der Waals surface area contributed by atoms with Gasteiger partial charge in [0.25, 0.3) is 0 Å². The van der Waals surface area contributed by atoms with E-state index in [0.717, 1.165) is 21.1 Å². The van der Waals surface area contributed by atoms with Crippen molar-refractivity contribution < 1.29 is 8.42 Å². The zero-order valence-corrected chi connectivity index (χ0v) is 14.0. The first-order valence-electron chi connectivity index (χ1n) is 6.48. The van der Waals surface area contributed by atoms with E-state index in [-0.39, 0.29) is 5.75 Å². The molecule has 1 aromatic carbocycles. The Hall–Kier alpha value is -1.38. The summed E-state index contributed by atoms with van der Waals surface area (Å²) in [5.41, 5.74) is 8.05. The molecule has 114 valence electrons. The van der Waals surface area contributed by atoms with Crippen LogP contribution in [0.25, 0.3) is 10.9 Å². The smallest absolute Gasteiger partial charge is 0.213 e. The van der Waals surface area contributed by atoms with Crippen LogP contribution in [-0.4, -0.2) is 32.2 Å². The molecule has 0 amide bonds. The van der Waals surface area contributed by atoms with Gasteiger partial charge in [-0.05, 0) is 34.1 Å². The lowest BCUT2D eigenvalue weighted by Crippen LogP contribution is -2.29. The number of benzene rings is 1. The molecule has 0 saturated carbocycles. The third kappa shape index (κ3) is 4.05. The fourth-order valence-corrected chi connectivity index (χ4v) is 3.26. The summed E-state index contributed by atoms with van der Waals surface area (Å²) in [6.45, 7) is 2.44. The molecule has 8 heteroatoms. The molecule has 1 aromatic heterocycles. The highest BCUT2D eigenvalue weighted by Gasteiger charge is 2.10. The number of halogens is 1. The molecule has 4 N–H and O–H groups in total. The van der Waals surface area contributed by atoms with Crippen molar-refractivity contribution in [2.24, 2.45) is 0 Å². The average Bonchev–Trinajstić information content (AvgIpc) is 2.41. The Morgan fingerprint density at radius 2 is 2.14 bits per heavy atom. The van der Waals surface area contributed by atoms with Crippen molar-refractivity contribution in [3.8, 4) is 0 Å². The maximum absolute atomic E-state index is 11.6. The first-order valence-corrected chi connectivity index (χ1v) is 8.92. The van der Waals surface area contributed by atoms with Crippen LogP contribution in [0.2, 0.25) is 0 Å². The van der Waals surface area contributed by atoms with Gasteiger partial charge in [0.2, 0.25) is 10.0 Å². The van der Waals surface area contributed by atoms with E-state index in [4.69, 9.17) is 5.73 Å². The van der Waals surface area contributed by atoms with Crippen LogP contribution in [0, 0.1) is 0 Å². The van der Waals surface area contributed by atoms with Gasteiger partial charge in [-0.2, -0.15) is 0 Å². The predicted octanol–water partition coefficient (Wildman–Crippen LogP) is 1.93. The highest BCUT2D eigenvalue weighted by molar-refractivity contribution is 9.10. The first-order chi connectivity index (χ1) is 9.93. The van der Waals surface area contributed by atoms with E-state index in [1.807, 2.05) is 6.07 Å². The molecule has 2 aromatic rings. The number of anilines is 2. The largest absolute Gasteiger partial charge is 0.398 e. The third-order valence-corrected chi connectivity index (χ3v) is 4.80. The highest BCUT2D eigenvalue weighted by atomic mass is 79.9. The number of rotatable bonds is 6. The van der Waals surface area contributed by atoms with Crippen molar-refractivity contribution in [2.75, 3.05) is 29.9 Å². The molecule has 0 aliphatic heterocycles. The summed E-state index contributed by atoms with van der Waals surface area (Å²) in [5.74, 6) is 0.00321. The Bertz CT molecular complexity index is 749. The van der Waals surface area contributed by atoms with Gasteiger partial charge in [-0.1, -0.05) is 6.92 Å². The summed E-state index contributed by atoms with van der Waals surface area (Å²) in [7, 11) is -3.24. The number of hydrogen-bond donors (Lipinski definition) is 3. The van der Waals surface area contributed by atoms with Gasteiger partial charge in [0, 0.05) is 34.8 Å². The molecule has 0 radical (unpaired) electrons. The second-order valence-corrected chi connectivity index (χ2v) is 7.34. The second-order valence-electron chi connectivity index (χ2n) is 4.50. The molecule has 0 aliphatic rings. The molecule has 21 heavy (non-hydrogen) atoms. The molecular weight excluding hydrogens is 356 g/mol. The van der Waals surface area contributed by atoms with E-state index < -0.39 is 10.0 Å². The minimum absolute atomic E-state index is 0.00321. The average molecular weight is 373 g/mol. The van der Waals surface area contributed by atoms with Gasteiger partial charge in [-0.3, -0.25) is 4.98 Å². The molecule has 6 nitrogen and oxygen atoms in total. The maximum atomic E-state index is 11.6. The number of nitrogens with one attached hydrogen (secondary N) is 2. The minimum atomic E-state index is -3.24. The predicted molar refractivity (Wildman–Crippen MR) is 89.8 cm³/mol. The summed E-state index contributed by atoms with van der Waals surface area (Å²) in [6.07, 6.45) is 1.68. The Labute approximate surface area is 132 Å². The summed E-state index contributed by atoms with van der Waals surface area (Å²) >= 11 is 3.36. The van der Waals surface area contributed by atoms with Gasteiger partial charge >= 0.3 is 0 Å². The van der Waals surface area contributed by atoms with Gasteiger partial charge in [0.1, 0.15) is 0 Å². The number of aromatic nitrogens is 1. The van der Waals surface area contributed by atoms with Gasteiger partial charge in [0.05, 0.1) is 17.0 Å². The van der Waals surface area contributed by atoms with Crippen LogP contribution in [0.1, 0.15) is 6.92 Å². The molecule has 0 spiro atoms. The standard InChI is InChI=1S/C13H17BrN4O2S/c1-2-18-21(19,20)6-5-16-12-4-3-11(15)10-7-9(14)8-17-13(10)12/h3-4,7-8,16,18H,2,5-6,15H2,1H3. The van der Waals surface area contributed by atoms with Crippen LogP contribution in [0.15, 0.2) is 28.9 Å². The van der Waals surface area contributed by atoms with Crippen LogP contribution < -0.4 is 15.8 Å². The molecule has 0 saturated heterocycles. The quantitative estimate of drug-likeness (QED) is 0.673. The van der Waals surface area contributed by atoms with E-state index in [1.54, 1.807) is 25.3 Å².